The Morgan fingerprint density at radius 2 is 1.76 bits per heavy atom. The number of carbonyl (C=O) groups excluding carboxylic acids is 1. The maximum absolute atomic E-state index is 14.2. The summed E-state index contributed by atoms with van der Waals surface area (Å²) in [5.41, 5.74) is 16.1. The van der Waals surface area contributed by atoms with Crippen molar-refractivity contribution >= 4 is 11.7 Å². The zero-order valence-corrected chi connectivity index (χ0v) is 14.0. The summed E-state index contributed by atoms with van der Waals surface area (Å²) in [5.74, 6) is -0.461. The van der Waals surface area contributed by atoms with Crippen LogP contribution in [0.5, 0.6) is 0 Å². The molecular formula is C20H18FN3O. The van der Waals surface area contributed by atoms with Crippen molar-refractivity contribution < 1.29 is 9.18 Å². The first-order valence-electron chi connectivity index (χ1n) is 7.79. The van der Waals surface area contributed by atoms with Crippen molar-refractivity contribution in [3.8, 4) is 22.3 Å². The number of hydrogen-bond acceptors (Lipinski definition) is 3. The van der Waals surface area contributed by atoms with E-state index >= 15 is 0 Å². The van der Waals surface area contributed by atoms with Crippen LogP contribution < -0.4 is 11.5 Å². The van der Waals surface area contributed by atoms with Crippen molar-refractivity contribution in [3.63, 3.8) is 0 Å². The Hall–Kier alpha value is -3.21. The molecule has 0 saturated carbocycles. The van der Waals surface area contributed by atoms with Gasteiger partial charge in [-0.1, -0.05) is 23.8 Å². The number of halogens is 1. The number of rotatable bonds is 3. The van der Waals surface area contributed by atoms with E-state index in [0.717, 1.165) is 16.7 Å². The zero-order chi connectivity index (χ0) is 18.1. The van der Waals surface area contributed by atoms with Gasteiger partial charge in [-0.05, 0) is 49.2 Å². The van der Waals surface area contributed by atoms with Crippen molar-refractivity contribution in [2.45, 2.75) is 13.8 Å². The van der Waals surface area contributed by atoms with Gasteiger partial charge in [-0.25, -0.2) is 9.37 Å². The van der Waals surface area contributed by atoms with Crippen LogP contribution in [0, 0.1) is 19.7 Å². The molecule has 0 atom stereocenters. The quantitative estimate of drug-likeness (QED) is 0.762. The first-order chi connectivity index (χ1) is 11.9. The van der Waals surface area contributed by atoms with Gasteiger partial charge in [-0.15, -0.1) is 0 Å². The molecular weight excluding hydrogens is 317 g/mol. The van der Waals surface area contributed by atoms with Gasteiger partial charge in [-0.3, -0.25) is 4.79 Å². The lowest BCUT2D eigenvalue weighted by molar-refractivity contribution is 0.0999. The Morgan fingerprint density at radius 1 is 1.00 bits per heavy atom. The van der Waals surface area contributed by atoms with Gasteiger partial charge in [0.15, 0.2) is 0 Å². The molecule has 0 aliphatic carbocycles. The van der Waals surface area contributed by atoms with Crippen LogP contribution >= 0.6 is 0 Å². The van der Waals surface area contributed by atoms with E-state index in [1.807, 2.05) is 13.0 Å². The molecule has 5 heteroatoms. The molecule has 1 heterocycles. The molecule has 0 aliphatic heterocycles. The molecule has 0 aliphatic rings. The van der Waals surface area contributed by atoms with Crippen LogP contribution in [0.1, 0.15) is 21.5 Å². The predicted octanol–water partition coefficient (Wildman–Crippen LogP) is 3.85. The first kappa shape index (κ1) is 16.6. The summed E-state index contributed by atoms with van der Waals surface area (Å²) >= 11 is 0. The van der Waals surface area contributed by atoms with Crippen LogP contribution in [0.25, 0.3) is 22.3 Å². The van der Waals surface area contributed by atoms with E-state index in [9.17, 15) is 9.18 Å². The van der Waals surface area contributed by atoms with Gasteiger partial charge in [0.05, 0.1) is 0 Å². The SMILES string of the molecule is Cc1ccc(F)c(-c2cnc(N)c(-c3ccc(C(N)=O)c(C)c3)c2)c1. The topological polar surface area (TPSA) is 82.0 Å². The van der Waals surface area contributed by atoms with Crippen LogP contribution in [-0.4, -0.2) is 10.9 Å². The average Bonchev–Trinajstić information content (AvgIpc) is 2.57. The standard InChI is InChI=1S/C20H18FN3O/c1-11-3-6-18(21)16(7-11)14-9-17(19(22)24-10-14)13-4-5-15(20(23)25)12(2)8-13/h3-10H,1-2H3,(H2,22,24)(H2,23,25). The fourth-order valence-corrected chi connectivity index (χ4v) is 2.82. The van der Waals surface area contributed by atoms with E-state index in [0.29, 0.717) is 28.1 Å². The number of nitrogen functional groups attached to an aromatic ring is 1. The van der Waals surface area contributed by atoms with Crippen LogP contribution in [0.4, 0.5) is 10.2 Å². The van der Waals surface area contributed by atoms with Crippen LogP contribution in [0.15, 0.2) is 48.7 Å². The molecule has 0 unspecified atom stereocenters. The number of carbonyl (C=O) groups is 1. The Morgan fingerprint density at radius 3 is 2.44 bits per heavy atom. The van der Waals surface area contributed by atoms with E-state index in [2.05, 4.69) is 4.98 Å². The highest BCUT2D eigenvalue weighted by Crippen LogP contribution is 2.32. The third-order valence-corrected chi connectivity index (χ3v) is 4.15. The van der Waals surface area contributed by atoms with E-state index in [1.54, 1.807) is 43.5 Å². The van der Waals surface area contributed by atoms with Gasteiger partial charge >= 0.3 is 0 Å². The second-order valence-corrected chi connectivity index (χ2v) is 6.03. The van der Waals surface area contributed by atoms with E-state index in [1.165, 1.54) is 6.07 Å². The molecule has 3 rings (SSSR count). The third kappa shape index (κ3) is 3.21. The fourth-order valence-electron chi connectivity index (χ4n) is 2.82. The summed E-state index contributed by atoms with van der Waals surface area (Å²) in [6.45, 7) is 3.71. The average molecular weight is 335 g/mol. The summed E-state index contributed by atoms with van der Waals surface area (Å²) in [6, 6.07) is 12.0. The molecule has 0 saturated heterocycles. The minimum atomic E-state index is -0.481. The van der Waals surface area contributed by atoms with Crippen molar-refractivity contribution in [3.05, 3.63) is 71.2 Å². The van der Waals surface area contributed by atoms with Crippen LogP contribution in [0.3, 0.4) is 0 Å². The molecule has 4 nitrogen and oxygen atoms in total. The van der Waals surface area contributed by atoms with E-state index in [4.69, 9.17) is 11.5 Å². The lowest BCUT2D eigenvalue weighted by Gasteiger charge is -2.11. The number of aryl methyl sites for hydroxylation is 2. The van der Waals surface area contributed by atoms with Crippen molar-refractivity contribution in [1.82, 2.24) is 4.98 Å². The maximum Gasteiger partial charge on any atom is 0.248 e. The van der Waals surface area contributed by atoms with Crippen LogP contribution in [-0.2, 0) is 0 Å². The zero-order valence-electron chi connectivity index (χ0n) is 14.0. The van der Waals surface area contributed by atoms with Crippen LogP contribution in [0.2, 0.25) is 0 Å². The van der Waals surface area contributed by atoms with Gasteiger partial charge in [0.2, 0.25) is 5.91 Å². The van der Waals surface area contributed by atoms with Gasteiger partial charge in [0, 0.05) is 28.5 Å². The van der Waals surface area contributed by atoms with Gasteiger partial charge in [0.1, 0.15) is 11.6 Å². The largest absolute Gasteiger partial charge is 0.383 e. The molecule has 25 heavy (non-hydrogen) atoms. The highest BCUT2D eigenvalue weighted by molar-refractivity contribution is 5.95. The second-order valence-electron chi connectivity index (χ2n) is 6.03. The molecule has 3 aromatic rings. The smallest absolute Gasteiger partial charge is 0.248 e. The highest BCUT2D eigenvalue weighted by Gasteiger charge is 2.12. The highest BCUT2D eigenvalue weighted by atomic mass is 19.1. The molecule has 0 spiro atoms. The molecule has 1 amide bonds. The molecule has 0 fully saturated rings. The molecule has 0 radical (unpaired) electrons. The molecule has 1 aromatic heterocycles. The van der Waals surface area contributed by atoms with Crippen molar-refractivity contribution in [2.75, 3.05) is 5.73 Å². The first-order valence-corrected chi connectivity index (χ1v) is 7.79. The Bertz CT molecular complexity index is 983. The Labute approximate surface area is 145 Å². The van der Waals surface area contributed by atoms with Crippen molar-refractivity contribution in [2.24, 2.45) is 5.73 Å². The van der Waals surface area contributed by atoms with Gasteiger partial charge in [-0.2, -0.15) is 0 Å². The minimum Gasteiger partial charge on any atom is -0.383 e. The molecule has 4 N–H and O–H groups in total. The number of amides is 1. The molecule has 0 bridgehead atoms. The summed E-state index contributed by atoms with van der Waals surface area (Å²) in [5, 5.41) is 0. The number of aromatic nitrogens is 1. The van der Waals surface area contributed by atoms with Crippen molar-refractivity contribution in [1.29, 1.82) is 0 Å². The minimum absolute atomic E-state index is 0.316. The lowest BCUT2D eigenvalue weighted by Crippen LogP contribution is -2.12. The normalized spacial score (nSPS) is 10.7. The third-order valence-electron chi connectivity index (χ3n) is 4.15. The lowest BCUT2D eigenvalue weighted by atomic mass is 9.97. The summed E-state index contributed by atoms with van der Waals surface area (Å²) in [7, 11) is 0. The number of pyridine rings is 1. The van der Waals surface area contributed by atoms with Gasteiger partial charge < -0.3 is 11.5 Å². The number of primary amides is 1. The van der Waals surface area contributed by atoms with Gasteiger partial charge in [0.25, 0.3) is 0 Å². The summed E-state index contributed by atoms with van der Waals surface area (Å²) < 4.78 is 14.2. The fraction of sp³-hybridized carbons (Fsp3) is 0.100. The number of nitrogens with zero attached hydrogens (tertiary/aromatic N) is 1. The Kier molecular flexibility index (Phi) is 4.23. The summed E-state index contributed by atoms with van der Waals surface area (Å²) in [4.78, 5) is 15.6. The number of hydrogen-bond donors (Lipinski definition) is 2. The summed E-state index contributed by atoms with van der Waals surface area (Å²) in [6.07, 6.45) is 1.56. The number of nitrogens with two attached hydrogens (primary N) is 2. The Balaban J connectivity index is 2.13. The maximum atomic E-state index is 14.2. The predicted molar refractivity (Wildman–Crippen MR) is 97.5 cm³/mol. The van der Waals surface area contributed by atoms with E-state index < -0.39 is 5.91 Å². The molecule has 2 aromatic carbocycles. The number of anilines is 1. The number of benzene rings is 2. The van der Waals surface area contributed by atoms with E-state index in [-0.39, 0.29) is 5.82 Å². The molecule has 126 valence electrons. The second kappa shape index (κ2) is 6.36. The monoisotopic (exact) mass is 335 g/mol.